The highest BCUT2D eigenvalue weighted by Crippen LogP contribution is 2.31. The third-order valence-corrected chi connectivity index (χ3v) is 4.17. The molecule has 20 heavy (non-hydrogen) atoms. The molecule has 1 aliphatic rings. The van der Waals surface area contributed by atoms with Crippen LogP contribution < -0.4 is 11.1 Å². The second-order valence-electron chi connectivity index (χ2n) is 5.86. The van der Waals surface area contributed by atoms with E-state index in [1.807, 2.05) is 0 Å². The van der Waals surface area contributed by atoms with Crippen molar-refractivity contribution in [3.05, 3.63) is 23.8 Å². The van der Waals surface area contributed by atoms with Crippen LogP contribution >= 0.6 is 0 Å². The van der Waals surface area contributed by atoms with E-state index >= 15 is 0 Å². The van der Waals surface area contributed by atoms with Crippen LogP contribution in [0, 0.1) is 5.92 Å². The predicted octanol–water partition coefficient (Wildman–Crippen LogP) is 1.74. The van der Waals surface area contributed by atoms with Crippen LogP contribution in [0.2, 0.25) is 0 Å². The highest BCUT2D eigenvalue weighted by Gasteiger charge is 2.34. The predicted molar refractivity (Wildman–Crippen MR) is 76.7 cm³/mol. The molecule has 0 bridgehead atoms. The Morgan fingerprint density at radius 1 is 1.30 bits per heavy atom. The van der Waals surface area contributed by atoms with Crippen LogP contribution in [-0.2, 0) is 0 Å². The van der Waals surface area contributed by atoms with E-state index in [0.717, 1.165) is 25.7 Å². The Balaban J connectivity index is 2.13. The molecule has 110 valence electrons. The quantitative estimate of drug-likeness (QED) is 0.677. The van der Waals surface area contributed by atoms with Gasteiger partial charge in [0.1, 0.15) is 11.5 Å². The van der Waals surface area contributed by atoms with Crippen molar-refractivity contribution in [1.29, 1.82) is 0 Å². The van der Waals surface area contributed by atoms with Crippen LogP contribution in [-0.4, -0.2) is 28.2 Å². The Bertz CT molecular complexity index is 474. The summed E-state index contributed by atoms with van der Waals surface area (Å²) in [5.41, 5.74) is 5.73. The van der Waals surface area contributed by atoms with Crippen LogP contribution in [0.1, 0.15) is 43.0 Å². The maximum Gasteiger partial charge on any atom is 0.252 e. The van der Waals surface area contributed by atoms with Gasteiger partial charge < -0.3 is 21.3 Å². The van der Waals surface area contributed by atoms with Crippen molar-refractivity contribution < 1.29 is 15.0 Å². The minimum absolute atomic E-state index is 0.130. The Labute approximate surface area is 118 Å². The van der Waals surface area contributed by atoms with E-state index < -0.39 is 0 Å². The molecular formula is C15H22N2O3. The van der Waals surface area contributed by atoms with Gasteiger partial charge in [0.25, 0.3) is 5.91 Å². The number of nitrogens with one attached hydrogen (secondary N) is 1. The van der Waals surface area contributed by atoms with E-state index in [1.165, 1.54) is 18.2 Å². The number of amides is 1. The average Bonchev–Trinajstić information content (AvgIpc) is 2.40. The molecule has 5 heteroatoms. The van der Waals surface area contributed by atoms with Crippen LogP contribution in [0.25, 0.3) is 0 Å². The van der Waals surface area contributed by atoms with E-state index in [4.69, 9.17) is 5.73 Å². The first-order valence-corrected chi connectivity index (χ1v) is 7.00. The van der Waals surface area contributed by atoms with Gasteiger partial charge in [0, 0.05) is 18.2 Å². The number of hydrogen-bond acceptors (Lipinski definition) is 4. The Morgan fingerprint density at radius 2 is 1.85 bits per heavy atom. The van der Waals surface area contributed by atoms with E-state index in [2.05, 4.69) is 12.2 Å². The van der Waals surface area contributed by atoms with Gasteiger partial charge in [-0.2, -0.15) is 0 Å². The third kappa shape index (κ3) is 3.22. The van der Waals surface area contributed by atoms with Gasteiger partial charge in [0.05, 0.1) is 5.54 Å². The van der Waals surface area contributed by atoms with Gasteiger partial charge in [-0.05, 0) is 43.7 Å². The SMILES string of the molecule is CC1CCC(CN)(NC(=O)c2cc(O)cc(O)c2)CC1. The minimum atomic E-state index is -0.370. The first kappa shape index (κ1) is 14.7. The molecule has 0 heterocycles. The number of carbonyl (C=O) groups excluding carboxylic acids is 1. The molecule has 5 nitrogen and oxygen atoms in total. The molecule has 0 saturated heterocycles. The molecule has 2 rings (SSSR count). The summed E-state index contributed by atoms with van der Waals surface area (Å²) in [6.07, 6.45) is 3.81. The van der Waals surface area contributed by atoms with Crippen molar-refractivity contribution in [3.63, 3.8) is 0 Å². The second kappa shape index (κ2) is 5.71. The van der Waals surface area contributed by atoms with Gasteiger partial charge in [-0.25, -0.2) is 0 Å². The molecule has 0 unspecified atom stereocenters. The molecule has 0 atom stereocenters. The van der Waals surface area contributed by atoms with Crippen molar-refractivity contribution >= 4 is 5.91 Å². The lowest BCUT2D eigenvalue weighted by atomic mass is 9.77. The van der Waals surface area contributed by atoms with Gasteiger partial charge in [0.15, 0.2) is 0 Å². The first-order valence-electron chi connectivity index (χ1n) is 7.00. The van der Waals surface area contributed by atoms with Crippen molar-refractivity contribution in [1.82, 2.24) is 5.32 Å². The van der Waals surface area contributed by atoms with E-state index in [1.54, 1.807) is 0 Å². The van der Waals surface area contributed by atoms with Gasteiger partial charge in [0.2, 0.25) is 0 Å². The van der Waals surface area contributed by atoms with Gasteiger partial charge in [-0.15, -0.1) is 0 Å². The molecular weight excluding hydrogens is 256 g/mol. The molecule has 1 saturated carbocycles. The summed E-state index contributed by atoms with van der Waals surface area (Å²) in [7, 11) is 0. The highest BCUT2D eigenvalue weighted by atomic mass is 16.3. The lowest BCUT2D eigenvalue weighted by Gasteiger charge is -2.39. The molecule has 0 radical (unpaired) electrons. The van der Waals surface area contributed by atoms with Crippen LogP contribution in [0.3, 0.4) is 0 Å². The number of aromatic hydroxyl groups is 2. The molecule has 0 aromatic heterocycles. The number of phenolic OH excluding ortho intramolecular Hbond substituents is 2. The van der Waals surface area contributed by atoms with Crippen LogP contribution in [0.4, 0.5) is 0 Å². The summed E-state index contributed by atoms with van der Waals surface area (Å²) in [6.45, 7) is 2.60. The monoisotopic (exact) mass is 278 g/mol. The average molecular weight is 278 g/mol. The van der Waals surface area contributed by atoms with Crippen molar-refractivity contribution in [2.45, 2.75) is 38.1 Å². The first-order chi connectivity index (χ1) is 9.44. The molecule has 1 aromatic carbocycles. The minimum Gasteiger partial charge on any atom is -0.508 e. The molecule has 1 amide bonds. The number of benzene rings is 1. The lowest BCUT2D eigenvalue weighted by molar-refractivity contribution is 0.0859. The molecule has 0 aliphatic heterocycles. The standard InChI is InChI=1S/C15H22N2O3/c1-10-2-4-15(9-16,5-3-10)17-14(20)11-6-12(18)8-13(19)7-11/h6-8,10,18-19H,2-5,9,16H2,1H3,(H,17,20). The summed E-state index contributed by atoms with van der Waals surface area (Å²) in [4.78, 5) is 12.3. The lowest BCUT2D eigenvalue weighted by Crippen LogP contribution is -2.55. The van der Waals surface area contributed by atoms with Crippen LogP contribution in [0.5, 0.6) is 11.5 Å². The number of rotatable bonds is 3. The van der Waals surface area contributed by atoms with E-state index in [9.17, 15) is 15.0 Å². The Hall–Kier alpha value is -1.75. The molecule has 1 aliphatic carbocycles. The van der Waals surface area contributed by atoms with Gasteiger partial charge >= 0.3 is 0 Å². The topological polar surface area (TPSA) is 95.6 Å². The zero-order chi connectivity index (χ0) is 14.8. The van der Waals surface area contributed by atoms with Gasteiger partial charge in [-0.1, -0.05) is 6.92 Å². The summed E-state index contributed by atoms with van der Waals surface area (Å²) in [5.74, 6) is 0.0935. The zero-order valence-electron chi connectivity index (χ0n) is 11.7. The van der Waals surface area contributed by atoms with Crippen molar-refractivity contribution in [3.8, 4) is 11.5 Å². The fourth-order valence-electron chi connectivity index (χ4n) is 2.73. The number of carbonyl (C=O) groups is 1. The summed E-state index contributed by atoms with van der Waals surface area (Å²) in [5, 5.41) is 21.9. The molecule has 5 N–H and O–H groups in total. The summed E-state index contributed by atoms with van der Waals surface area (Å²) < 4.78 is 0. The van der Waals surface area contributed by atoms with Crippen LogP contribution in [0.15, 0.2) is 18.2 Å². The third-order valence-electron chi connectivity index (χ3n) is 4.17. The Morgan fingerprint density at radius 3 is 2.35 bits per heavy atom. The van der Waals surface area contributed by atoms with Gasteiger partial charge in [-0.3, -0.25) is 4.79 Å². The largest absolute Gasteiger partial charge is 0.508 e. The fraction of sp³-hybridized carbons (Fsp3) is 0.533. The molecule has 1 aromatic rings. The molecule has 0 spiro atoms. The smallest absolute Gasteiger partial charge is 0.252 e. The zero-order valence-corrected chi connectivity index (χ0v) is 11.7. The van der Waals surface area contributed by atoms with E-state index in [-0.39, 0.29) is 28.5 Å². The van der Waals surface area contributed by atoms with Crippen molar-refractivity contribution in [2.75, 3.05) is 6.54 Å². The normalized spacial score (nSPS) is 26.2. The number of phenols is 2. The maximum absolute atomic E-state index is 12.3. The fourth-order valence-corrected chi connectivity index (χ4v) is 2.73. The van der Waals surface area contributed by atoms with Crippen molar-refractivity contribution in [2.24, 2.45) is 11.7 Å². The number of nitrogens with two attached hydrogens (primary N) is 1. The van der Waals surface area contributed by atoms with E-state index in [0.29, 0.717) is 12.5 Å². The summed E-state index contributed by atoms with van der Waals surface area (Å²) in [6, 6.07) is 3.87. The Kier molecular flexibility index (Phi) is 4.18. The second-order valence-corrected chi connectivity index (χ2v) is 5.86. The maximum atomic E-state index is 12.3. The number of hydrogen-bond donors (Lipinski definition) is 4. The molecule has 1 fully saturated rings. The summed E-state index contributed by atoms with van der Waals surface area (Å²) >= 11 is 0. The highest BCUT2D eigenvalue weighted by molar-refractivity contribution is 5.95.